The van der Waals surface area contributed by atoms with Crippen LogP contribution < -0.4 is 15.4 Å². The maximum Gasteiger partial charge on any atom is 0.410 e. The molecule has 0 bridgehead atoms. The molecule has 51 heavy (non-hydrogen) atoms. The monoisotopic (exact) mass is 708 g/mol. The van der Waals surface area contributed by atoms with Crippen molar-refractivity contribution < 1.29 is 43.0 Å². The van der Waals surface area contributed by atoms with Crippen LogP contribution >= 0.6 is 0 Å². The Kier molecular flexibility index (Phi) is 14.1. The molecular formula is C38H52N4O9. The summed E-state index contributed by atoms with van der Waals surface area (Å²) in [4.78, 5) is 78.9. The Morgan fingerprint density at radius 3 is 1.92 bits per heavy atom. The number of rotatable bonds is 14. The number of carbonyl (C=O) groups excluding carboxylic acids is 6. The maximum absolute atomic E-state index is 12.9. The van der Waals surface area contributed by atoms with Crippen molar-refractivity contribution in [3.63, 3.8) is 0 Å². The van der Waals surface area contributed by atoms with Gasteiger partial charge in [0.05, 0.1) is 13.1 Å². The van der Waals surface area contributed by atoms with E-state index in [1.165, 1.54) is 16.8 Å². The van der Waals surface area contributed by atoms with Crippen LogP contribution in [0.5, 0.6) is 5.75 Å². The molecule has 0 unspecified atom stereocenters. The Balaban J connectivity index is 1.45. The third-order valence-corrected chi connectivity index (χ3v) is 7.90. The molecule has 13 nitrogen and oxygen atoms in total. The van der Waals surface area contributed by atoms with Gasteiger partial charge in [0, 0.05) is 24.7 Å². The van der Waals surface area contributed by atoms with Gasteiger partial charge >= 0.3 is 12.2 Å². The molecule has 1 fully saturated rings. The highest BCUT2D eigenvalue weighted by Crippen LogP contribution is 2.21. The minimum atomic E-state index is -0.773. The predicted molar refractivity (Wildman–Crippen MR) is 191 cm³/mol. The van der Waals surface area contributed by atoms with Gasteiger partial charge in [-0.05, 0) is 90.6 Å². The largest absolute Gasteiger partial charge is 0.489 e. The first-order valence-corrected chi connectivity index (χ1v) is 17.3. The van der Waals surface area contributed by atoms with Crippen molar-refractivity contribution in [3.05, 3.63) is 65.2 Å². The van der Waals surface area contributed by atoms with Crippen molar-refractivity contribution in [1.82, 2.24) is 20.4 Å². The summed E-state index contributed by atoms with van der Waals surface area (Å²) in [7, 11) is 1.51. The highest BCUT2D eigenvalue weighted by molar-refractivity contribution is 6.01. The topological polar surface area (TPSA) is 161 Å². The van der Waals surface area contributed by atoms with Crippen molar-refractivity contribution in [1.29, 1.82) is 0 Å². The van der Waals surface area contributed by atoms with Gasteiger partial charge in [-0.25, -0.2) is 9.59 Å². The van der Waals surface area contributed by atoms with E-state index >= 15 is 0 Å². The molecule has 2 aromatic rings. The van der Waals surface area contributed by atoms with E-state index in [4.69, 9.17) is 14.2 Å². The molecule has 1 aliphatic heterocycles. The zero-order valence-electron chi connectivity index (χ0n) is 31.0. The van der Waals surface area contributed by atoms with Gasteiger partial charge in [0.25, 0.3) is 0 Å². The molecule has 2 N–H and O–H groups in total. The second-order valence-electron chi connectivity index (χ2n) is 14.5. The van der Waals surface area contributed by atoms with Crippen LogP contribution in [0.15, 0.2) is 48.5 Å². The molecule has 278 valence electrons. The second kappa shape index (κ2) is 17.8. The van der Waals surface area contributed by atoms with Gasteiger partial charge in [0.1, 0.15) is 35.6 Å². The number of carbonyl (C=O) groups is 6. The molecule has 0 saturated carbocycles. The van der Waals surface area contributed by atoms with E-state index in [2.05, 4.69) is 10.6 Å². The number of nitrogens with one attached hydrogen (secondary N) is 2. The van der Waals surface area contributed by atoms with E-state index in [1.54, 1.807) is 90.1 Å². The van der Waals surface area contributed by atoms with Crippen LogP contribution in [0.2, 0.25) is 0 Å². The summed E-state index contributed by atoms with van der Waals surface area (Å²) in [5.74, 6) is -0.879. The number of benzene rings is 2. The summed E-state index contributed by atoms with van der Waals surface area (Å²) in [6.45, 7) is 12.6. The molecule has 0 aliphatic carbocycles. The summed E-state index contributed by atoms with van der Waals surface area (Å²) in [6, 6.07) is 11.9. The van der Waals surface area contributed by atoms with E-state index in [0.717, 1.165) is 5.56 Å². The van der Waals surface area contributed by atoms with Crippen molar-refractivity contribution in [2.45, 2.75) is 104 Å². The highest BCUT2D eigenvalue weighted by Gasteiger charge is 2.36. The Hall–Kier alpha value is -4.94. The first-order valence-electron chi connectivity index (χ1n) is 17.3. The number of likely N-dealkylation sites (N-methyl/N-ethyl adjacent to an activating group) is 1. The molecule has 4 amide bonds. The number of nitrogens with zero attached hydrogens (tertiary/aromatic N) is 2. The van der Waals surface area contributed by atoms with Crippen LogP contribution in [0.1, 0.15) is 100 Å². The quantitative estimate of drug-likeness (QED) is 0.248. The smallest absolute Gasteiger partial charge is 0.410 e. The minimum Gasteiger partial charge on any atom is -0.489 e. The van der Waals surface area contributed by atoms with Gasteiger partial charge in [-0.1, -0.05) is 37.6 Å². The predicted octanol–water partition coefficient (Wildman–Crippen LogP) is 5.30. The molecule has 1 saturated heterocycles. The fourth-order valence-corrected chi connectivity index (χ4v) is 5.28. The molecule has 13 heteroatoms. The lowest BCUT2D eigenvalue weighted by atomic mass is 10.1. The van der Waals surface area contributed by atoms with Crippen LogP contribution in [0.4, 0.5) is 9.59 Å². The SMILES string of the molecule is CCC[C@@H](C(=O)NCC(=O)c1ccc(COc2ccc(C(=O)CNC(=O)[C@@H]3CCCN3C(=O)OC(C)(C)C)cc2)cc1)N(C)C(=O)OC(C)(C)C. The first-order chi connectivity index (χ1) is 23.9. The summed E-state index contributed by atoms with van der Waals surface area (Å²) in [5.41, 5.74) is 0.222. The Labute approximate surface area is 300 Å². The number of ketones is 2. The third kappa shape index (κ3) is 12.7. The Morgan fingerprint density at radius 1 is 0.824 bits per heavy atom. The Morgan fingerprint density at radius 2 is 1.37 bits per heavy atom. The molecule has 0 radical (unpaired) electrons. The van der Waals surface area contributed by atoms with Crippen LogP contribution in [0.3, 0.4) is 0 Å². The summed E-state index contributed by atoms with van der Waals surface area (Å²) >= 11 is 0. The van der Waals surface area contributed by atoms with E-state index in [-0.39, 0.29) is 31.3 Å². The normalized spacial score (nSPS) is 15.0. The lowest BCUT2D eigenvalue weighted by molar-refractivity contribution is -0.126. The number of likely N-dealkylation sites (tertiary alicyclic amines) is 1. The van der Waals surface area contributed by atoms with Crippen molar-refractivity contribution in [2.24, 2.45) is 0 Å². The van der Waals surface area contributed by atoms with Gasteiger partial charge in [-0.2, -0.15) is 0 Å². The van der Waals surface area contributed by atoms with Crippen molar-refractivity contribution in [3.8, 4) is 5.75 Å². The van der Waals surface area contributed by atoms with Gasteiger partial charge in [0.2, 0.25) is 11.8 Å². The van der Waals surface area contributed by atoms with Crippen molar-refractivity contribution in [2.75, 3.05) is 26.7 Å². The Bertz CT molecular complexity index is 1540. The van der Waals surface area contributed by atoms with E-state index in [0.29, 0.717) is 49.1 Å². The molecule has 0 aromatic heterocycles. The minimum absolute atomic E-state index is 0.208. The van der Waals surface area contributed by atoms with Gasteiger partial charge in [0.15, 0.2) is 11.6 Å². The lowest BCUT2D eigenvalue weighted by Crippen LogP contribution is -2.49. The lowest BCUT2D eigenvalue weighted by Gasteiger charge is -2.29. The van der Waals surface area contributed by atoms with E-state index < -0.39 is 47.3 Å². The fourth-order valence-electron chi connectivity index (χ4n) is 5.28. The molecule has 1 heterocycles. The zero-order chi connectivity index (χ0) is 37.9. The maximum atomic E-state index is 12.9. The van der Waals surface area contributed by atoms with Gasteiger partial charge in [-0.15, -0.1) is 0 Å². The standard InChI is InChI=1S/C38H52N4O9/c1-9-11-29(41(8)35(47)50-37(2,3)4)33(45)39-22-31(43)26-15-13-25(14-16-26)24-49-28-19-17-27(18-20-28)32(44)23-40-34(46)30-12-10-21-42(30)36(48)51-38(5,6)7/h13-20,29-30H,9-12,21-24H2,1-8H3,(H,39,45)(H,40,46)/t29-,30-/m0/s1. The average molecular weight is 709 g/mol. The number of Topliss-reactive ketones (excluding diaryl/α,β-unsaturated/α-hetero) is 2. The van der Waals surface area contributed by atoms with Gasteiger partial charge < -0.3 is 24.8 Å². The first kappa shape index (κ1) is 40.5. The number of ether oxygens (including phenoxy) is 3. The number of hydrogen-bond donors (Lipinski definition) is 2. The highest BCUT2D eigenvalue weighted by atomic mass is 16.6. The molecule has 0 spiro atoms. The molecule has 1 aliphatic rings. The summed E-state index contributed by atoms with van der Waals surface area (Å²) in [5, 5.41) is 5.30. The average Bonchev–Trinajstić information content (AvgIpc) is 3.57. The summed E-state index contributed by atoms with van der Waals surface area (Å²) < 4.78 is 16.6. The molecule has 3 rings (SSSR count). The van der Waals surface area contributed by atoms with Crippen LogP contribution in [0.25, 0.3) is 0 Å². The van der Waals surface area contributed by atoms with Crippen LogP contribution in [-0.4, -0.2) is 95.3 Å². The zero-order valence-corrected chi connectivity index (χ0v) is 31.0. The summed E-state index contributed by atoms with van der Waals surface area (Å²) in [6.07, 6.45) is 1.09. The third-order valence-electron chi connectivity index (χ3n) is 7.90. The van der Waals surface area contributed by atoms with Crippen LogP contribution in [-0.2, 0) is 25.7 Å². The van der Waals surface area contributed by atoms with Gasteiger partial charge in [-0.3, -0.25) is 29.0 Å². The number of amides is 4. The van der Waals surface area contributed by atoms with Crippen LogP contribution in [0, 0.1) is 0 Å². The molecule has 2 atom stereocenters. The fraction of sp³-hybridized carbons (Fsp3) is 0.526. The van der Waals surface area contributed by atoms with E-state index in [9.17, 15) is 28.8 Å². The van der Waals surface area contributed by atoms with E-state index in [1.807, 2.05) is 6.92 Å². The molecular weight excluding hydrogens is 656 g/mol. The number of hydrogen-bond acceptors (Lipinski definition) is 9. The van der Waals surface area contributed by atoms with Crippen molar-refractivity contribution >= 4 is 35.6 Å². The second-order valence-corrected chi connectivity index (χ2v) is 14.5. The molecule has 2 aromatic carbocycles.